The number of aliphatic hydroxyl groups is 1. The maximum absolute atomic E-state index is 13.5. The van der Waals surface area contributed by atoms with Gasteiger partial charge in [0, 0.05) is 22.0 Å². The van der Waals surface area contributed by atoms with Crippen molar-refractivity contribution in [2.24, 2.45) is 0 Å². The standard InChI is InChI=1S/C14H11Cl2FO/c15-10-5-6-12(16)9(7-10)8-14(18)11-3-1-2-4-13(11)17/h1-7,14,18H,8H2. The topological polar surface area (TPSA) is 20.2 Å². The van der Waals surface area contributed by atoms with Gasteiger partial charge in [-0.1, -0.05) is 41.4 Å². The van der Waals surface area contributed by atoms with E-state index in [-0.39, 0.29) is 12.0 Å². The maximum Gasteiger partial charge on any atom is 0.129 e. The van der Waals surface area contributed by atoms with Crippen LogP contribution >= 0.6 is 23.2 Å². The molecule has 1 N–H and O–H groups in total. The van der Waals surface area contributed by atoms with Crippen LogP contribution in [0.5, 0.6) is 0 Å². The summed E-state index contributed by atoms with van der Waals surface area (Å²) in [6, 6.07) is 11.1. The first kappa shape index (κ1) is 13.3. The number of rotatable bonds is 3. The molecule has 1 atom stereocenters. The van der Waals surface area contributed by atoms with Crippen molar-refractivity contribution in [3.05, 3.63) is 69.5 Å². The lowest BCUT2D eigenvalue weighted by Crippen LogP contribution is -2.04. The fourth-order valence-electron chi connectivity index (χ4n) is 1.76. The lowest BCUT2D eigenvalue weighted by atomic mass is 10.0. The van der Waals surface area contributed by atoms with Gasteiger partial charge in [-0.15, -0.1) is 0 Å². The van der Waals surface area contributed by atoms with Crippen LogP contribution in [0.15, 0.2) is 42.5 Å². The fraction of sp³-hybridized carbons (Fsp3) is 0.143. The van der Waals surface area contributed by atoms with Gasteiger partial charge in [-0.25, -0.2) is 4.39 Å². The molecule has 2 aromatic carbocycles. The molecule has 0 aliphatic carbocycles. The molecule has 2 aromatic rings. The molecule has 1 unspecified atom stereocenters. The highest BCUT2D eigenvalue weighted by atomic mass is 35.5. The van der Waals surface area contributed by atoms with Crippen LogP contribution < -0.4 is 0 Å². The summed E-state index contributed by atoms with van der Waals surface area (Å²) in [4.78, 5) is 0. The van der Waals surface area contributed by atoms with Crippen LogP contribution in [-0.4, -0.2) is 5.11 Å². The van der Waals surface area contributed by atoms with E-state index in [1.807, 2.05) is 0 Å². The number of hydrogen-bond acceptors (Lipinski definition) is 1. The van der Waals surface area contributed by atoms with E-state index in [9.17, 15) is 9.50 Å². The minimum Gasteiger partial charge on any atom is -0.388 e. The first-order valence-electron chi connectivity index (χ1n) is 5.44. The highest BCUT2D eigenvalue weighted by molar-refractivity contribution is 6.33. The molecule has 0 heterocycles. The lowest BCUT2D eigenvalue weighted by molar-refractivity contribution is 0.173. The third-order valence-corrected chi connectivity index (χ3v) is 3.29. The van der Waals surface area contributed by atoms with E-state index in [0.29, 0.717) is 15.6 Å². The van der Waals surface area contributed by atoms with Crippen molar-refractivity contribution in [2.45, 2.75) is 12.5 Å². The molecule has 0 fully saturated rings. The van der Waals surface area contributed by atoms with Crippen LogP contribution in [-0.2, 0) is 6.42 Å². The average molecular weight is 285 g/mol. The van der Waals surface area contributed by atoms with Gasteiger partial charge in [-0.05, 0) is 29.8 Å². The summed E-state index contributed by atoms with van der Waals surface area (Å²) in [5.41, 5.74) is 0.952. The molecule has 0 bridgehead atoms. The highest BCUT2D eigenvalue weighted by Crippen LogP contribution is 2.27. The molecule has 4 heteroatoms. The van der Waals surface area contributed by atoms with E-state index in [4.69, 9.17) is 23.2 Å². The third-order valence-electron chi connectivity index (χ3n) is 2.69. The molecule has 0 aromatic heterocycles. The minimum absolute atomic E-state index is 0.223. The fourth-order valence-corrected chi connectivity index (χ4v) is 2.15. The number of aliphatic hydroxyl groups excluding tert-OH is 1. The van der Waals surface area contributed by atoms with Crippen molar-refractivity contribution in [3.8, 4) is 0 Å². The quantitative estimate of drug-likeness (QED) is 0.885. The zero-order valence-electron chi connectivity index (χ0n) is 9.41. The Kier molecular flexibility index (Phi) is 4.23. The molecule has 0 radical (unpaired) electrons. The first-order valence-corrected chi connectivity index (χ1v) is 6.20. The van der Waals surface area contributed by atoms with E-state index in [2.05, 4.69) is 0 Å². The lowest BCUT2D eigenvalue weighted by Gasteiger charge is -2.13. The van der Waals surface area contributed by atoms with Crippen LogP contribution in [0, 0.1) is 5.82 Å². The van der Waals surface area contributed by atoms with Crippen molar-refractivity contribution in [2.75, 3.05) is 0 Å². The molecule has 0 aliphatic heterocycles. The van der Waals surface area contributed by atoms with Gasteiger partial charge in [0.15, 0.2) is 0 Å². The summed E-state index contributed by atoms with van der Waals surface area (Å²) in [5.74, 6) is -0.428. The summed E-state index contributed by atoms with van der Waals surface area (Å²) in [5, 5.41) is 11.1. The van der Waals surface area contributed by atoms with Gasteiger partial charge in [-0.3, -0.25) is 0 Å². The predicted octanol–water partition coefficient (Wildman–Crippen LogP) is 4.41. The molecular weight excluding hydrogens is 274 g/mol. The molecule has 2 rings (SSSR count). The van der Waals surface area contributed by atoms with Crippen LogP contribution in [0.2, 0.25) is 10.0 Å². The monoisotopic (exact) mass is 284 g/mol. The van der Waals surface area contributed by atoms with Crippen molar-refractivity contribution in [1.29, 1.82) is 0 Å². The summed E-state index contributed by atoms with van der Waals surface area (Å²) in [6.45, 7) is 0. The second-order valence-electron chi connectivity index (χ2n) is 3.98. The molecule has 1 nitrogen and oxygen atoms in total. The third kappa shape index (κ3) is 3.02. The van der Waals surface area contributed by atoms with Crippen molar-refractivity contribution in [3.63, 3.8) is 0 Å². The highest BCUT2D eigenvalue weighted by Gasteiger charge is 2.14. The van der Waals surface area contributed by atoms with Gasteiger partial charge in [0.05, 0.1) is 6.10 Å². The minimum atomic E-state index is -0.942. The van der Waals surface area contributed by atoms with Crippen LogP contribution in [0.3, 0.4) is 0 Å². The molecule has 18 heavy (non-hydrogen) atoms. The van der Waals surface area contributed by atoms with Crippen molar-refractivity contribution in [1.82, 2.24) is 0 Å². The Morgan fingerprint density at radius 2 is 1.83 bits per heavy atom. The van der Waals surface area contributed by atoms with E-state index < -0.39 is 11.9 Å². The van der Waals surface area contributed by atoms with Gasteiger partial charge < -0.3 is 5.11 Å². The van der Waals surface area contributed by atoms with E-state index in [1.165, 1.54) is 6.07 Å². The first-order chi connectivity index (χ1) is 8.58. The van der Waals surface area contributed by atoms with E-state index in [1.54, 1.807) is 36.4 Å². The number of halogens is 3. The summed E-state index contributed by atoms with van der Waals surface area (Å²) in [6.07, 6.45) is -0.720. The van der Waals surface area contributed by atoms with Gasteiger partial charge in [0.1, 0.15) is 5.82 Å². The summed E-state index contributed by atoms with van der Waals surface area (Å²) in [7, 11) is 0. The van der Waals surface area contributed by atoms with Crippen molar-refractivity contribution >= 4 is 23.2 Å². The largest absolute Gasteiger partial charge is 0.388 e. The normalized spacial score (nSPS) is 12.4. The molecule has 0 saturated heterocycles. The van der Waals surface area contributed by atoms with Crippen LogP contribution in [0.1, 0.15) is 17.2 Å². The van der Waals surface area contributed by atoms with Crippen LogP contribution in [0.4, 0.5) is 4.39 Å². The van der Waals surface area contributed by atoms with Crippen molar-refractivity contribution < 1.29 is 9.50 Å². The van der Waals surface area contributed by atoms with Gasteiger partial charge in [0.25, 0.3) is 0 Å². The van der Waals surface area contributed by atoms with Gasteiger partial charge >= 0.3 is 0 Å². The average Bonchev–Trinajstić information content (AvgIpc) is 2.34. The second-order valence-corrected chi connectivity index (χ2v) is 4.82. The van der Waals surface area contributed by atoms with Gasteiger partial charge in [-0.2, -0.15) is 0 Å². The summed E-state index contributed by atoms with van der Waals surface area (Å²) >= 11 is 11.9. The zero-order chi connectivity index (χ0) is 13.1. The summed E-state index contributed by atoms with van der Waals surface area (Å²) < 4.78 is 13.5. The Labute approximate surface area is 115 Å². The smallest absolute Gasteiger partial charge is 0.129 e. The molecule has 0 aliphatic rings. The molecule has 0 amide bonds. The number of benzene rings is 2. The second kappa shape index (κ2) is 5.70. The Morgan fingerprint density at radius 3 is 2.56 bits per heavy atom. The molecule has 0 saturated carbocycles. The zero-order valence-corrected chi connectivity index (χ0v) is 10.9. The van der Waals surface area contributed by atoms with Crippen LogP contribution in [0.25, 0.3) is 0 Å². The van der Waals surface area contributed by atoms with E-state index in [0.717, 1.165) is 0 Å². The van der Waals surface area contributed by atoms with E-state index >= 15 is 0 Å². The van der Waals surface area contributed by atoms with Gasteiger partial charge in [0.2, 0.25) is 0 Å². The molecule has 0 spiro atoms. The molecular formula is C14H11Cl2FO. The predicted molar refractivity (Wildman–Crippen MR) is 71.5 cm³/mol. The SMILES string of the molecule is OC(Cc1cc(Cl)ccc1Cl)c1ccccc1F. The maximum atomic E-state index is 13.5. The Balaban J connectivity index is 2.24. The molecule has 94 valence electrons. The number of hydrogen-bond donors (Lipinski definition) is 1. The Bertz CT molecular complexity index is 557. The Morgan fingerprint density at radius 1 is 1.11 bits per heavy atom. The Hall–Kier alpha value is -1.09.